The summed E-state index contributed by atoms with van der Waals surface area (Å²) in [6.07, 6.45) is 16.1. The molecular formula is C23H42IN7. The molecule has 1 aromatic heterocycles. The zero-order valence-electron chi connectivity index (χ0n) is 19.5. The molecule has 176 valence electrons. The Balaban J connectivity index is 0.00000272. The molecule has 0 radical (unpaired) electrons. The molecule has 1 aliphatic heterocycles. The molecule has 0 unspecified atom stereocenters. The highest BCUT2D eigenvalue weighted by Crippen LogP contribution is 2.25. The van der Waals surface area contributed by atoms with Crippen LogP contribution in [0.1, 0.15) is 88.7 Å². The molecule has 2 N–H and O–H groups in total. The third-order valence-electron chi connectivity index (χ3n) is 7.47. The minimum atomic E-state index is 0. The van der Waals surface area contributed by atoms with E-state index in [9.17, 15) is 0 Å². The predicted molar refractivity (Wildman–Crippen MR) is 137 cm³/mol. The van der Waals surface area contributed by atoms with Crippen molar-refractivity contribution in [1.82, 2.24) is 30.3 Å². The fourth-order valence-corrected chi connectivity index (χ4v) is 5.36. The minimum absolute atomic E-state index is 0. The average molecular weight is 544 g/mol. The lowest BCUT2D eigenvalue weighted by Crippen LogP contribution is -2.52. The monoisotopic (exact) mass is 543 g/mol. The summed E-state index contributed by atoms with van der Waals surface area (Å²) >= 11 is 0. The third kappa shape index (κ3) is 7.04. The maximum Gasteiger partial charge on any atom is 0.192 e. The highest BCUT2D eigenvalue weighted by atomic mass is 127. The van der Waals surface area contributed by atoms with E-state index in [1.54, 1.807) is 0 Å². The molecule has 8 heteroatoms. The molecule has 2 saturated carbocycles. The number of halogens is 1. The van der Waals surface area contributed by atoms with Crippen LogP contribution < -0.4 is 10.6 Å². The second kappa shape index (κ2) is 12.4. The van der Waals surface area contributed by atoms with Gasteiger partial charge in [-0.3, -0.25) is 0 Å². The van der Waals surface area contributed by atoms with Gasteiger partial charge in [-0.2, -0.15) is 0 Å². The number of guanidine groups is 1. The van der Waals surface area contributed by atoms with Crippen LogP contribution in [-0.4, -0.2) is 56.8 Å². The van der Waals surface area contributed by atoms with Gasteiger partial charge in [-0.25, -0.2) is 4.99 Å². The standard InChI is InChI=1S/C23H41N7.HI/c1-18-27-28-22(29(18)2)17-24-23(25-19-9-5-3-6-10-19)26-20-13-15-30(16-14-20)21-11-7-4-8-12-21;/h19-21H,3-17H2,1-2H3,(H2,24,25,26);1H. The molecule has 2 heterocycles. The molecule has 3 fully saturated rings. The fourth-order valence-electron chi connectivity index (χ4n) is 5.36. The molecule has 1 aromatic rings. The van der Waals surface area contributed by atoms with Crippen LogP contribution in [0.4, 0.5) is 0 Å². The smallest absolute Gasteiger partial charge is 0.192 e. The van der Waals surface area contributed by atoms with Crippen molar-refractivity contribution in [1.29, 1.82) is 0 Å². The lowest BCUT2D eigenvalue weighted by atomic mass is 9.92. The SMILES string of the molecule is Cc1nnc(CN=C(NC2CCCCC2)NC2CCN(C3CCCCC3)CC2)n1C.I. The van der Waals surface area contributed by atoms with E-state index >= 15 is 0 Å². The van der Waals surface area contributed by atoms with Crippen LogP contribution in [0.2, 0.25) is 0 Å². The van der Waals surface area contributed by atoms with Crippen molar-refractivity contribution in [3.8, 4) is 0 Å². The summed E-state index contributed by atoms with van der Waals surface area (Å²) in [5.74, 6) is 2.83. The lowest BCUT2D eigenvalue weighted by molar-refractivity contribution is 0.119. The molecule has 0 spiro atoms. The van der Waals surface area contributed by atoms with Gasteiger partial charge in [-0.1, -0.05) is 38.5 Å². The fraction of sp³-hybridized carbons (Fsp3) is 0.870. The first-order valence-corrected chi connectivity index (χ1v) is 12.4. The van der Waals surface area contributed by atoms with Crippen LogP contribution in [0.3, 0.4) is 0 Å². The Labute approximate surface area is 205 Å². The topological polar surface area (TPSA) is 70.4 Å². The van der Waals surface area contributed by atoms with Gasteiger partial charge >= 0.3 is 0 Å². The van der Waals surface area contributed by atoms with Gasteiger partial charge in [0.05, 0.1) is 0 Å². The molecule has 0 bridgehead atoms. The summed E-state index contributed by atoms with van der Waals surface area (Å²) in [5, 5.41) is 16.0. The number of nitrogens with zero attached hydrogens (tertiary/aromatic N) is 5. The summed E-state index contributed by atoms with van der Waals surface area (Å²) in [6, 6.07) is 1.90. The van der Waals surface area contributed by atoms with E-state index in [1.165, 1.54) is 90.1 Å². The van der Waals surface area contributed by atoms with Crippen LogP contribution in [0.15, 0.2) is 4.99 Å². The van der Waals surface area contributed by atoms with Gasteiger partial charge in [0, 0.05) is 38.3 Å². The number of aryl methyl sites for hydroxylation is 1. The molecule has 7 nitrogen and oxygen atoms in total. The predicted octanol–water partition coefficient (Wildman–Crippen LogP) is 3.91. The van der Waals surface area contributed by atoms with Crippen molar-refractivity contribution >= 4 is 29.9 Å². The molecule has 1 saturated heterocycles. The molecule has 0 atom stereocenters. The second-order valence-corrected chi connectivity index (χ2v) is 9.61. The van der Waals surface area contributed by atoms with Crippen LogP contribution >= 0.6 is 24.0 Å². The summed E-state index contributed by atoms with van der Waals surface area (Å²) < 4.78 is 2.03. The van der Waals surface area contributed by atoms with Gasteiger partial charge in [0.25, 0.3) is 0 Å². The number of likely N-dealkylation sites (tertiary alicyclic amines) is 1. The van der Waals surface area contributed by atoms with Gasteiger partial charge in [-0.15, -0.1) is 34.2 Å². The Hall–Kier alpha value is -0.900. The maximum atomic E-state index is 4.92. The van der Waals surface area contributed by atoms with E-state index in [2.05, 4.69) is 25.7 Å². The zero-order valence-corrected chi connectivity index (χ0v) is 21.8. The molecular weight excluding hydrogens is 501 g/mol. The van der Waals surface area contributed by atoms with Crippen molar-refractivity contribution in [2.75, 3.05) is 13.1 Å². The molecule has 4 rings (SSSR count). The summed E-state index contributed by atoms with van der Waals surface area (Å²) in [7, 11) is 2.02. The zero-order chi connectivity index (χ0) is 20.8. The highest BCUT2D eigenvalue weighted by Gasteiger charge is 2.27. The minimum Gasteiger partial charge on any atom is -0.354 e. The largest absolute Gasteiger partial charge is 0.354 e. The summed E-state index contributed by atoms with van der Waals surface area (Å²) in [6.45, 7) is 5.00. The van der Waals surface area contributed by atoms with Crippen molar-refractivity contribution in [3.63, 3.8) is 0 Å². The second-order valence-electron chi connectivity index (χ2n) is 9.61. The number of hydrogen-bond donors (Lipinski definition) is 2. The van der Waals surface area contributed by atoms with Gasteiger partial charge in [0.1, 0.15) is 12.4 Å². The van der Waals surface area contributed by atoms with E-state index in [0.717, 1.165) is 23.7 Å². The first-order valence-electron chi connectivity index (χ1n) is 12.4. The third-order valence-corrected chi connectivity index (χ3v) is 7.47. The average Bonchev–Trinajstić information content (AvgIpc) is 3.11. The Kier molecular flexibility index (Phi) is 9.87. The number of nitrogens with one attached hydrogen (secondary N) is 2. The van der Waals surface area contributed by atoms with Crippen molar-refractivity contribution < 1.29 is 0 Å². The molecule has 0 amide bonds. The van der Waals surface area contributed by atoms with Crippen LogP contribution in [0, 0.1) is 6.92 Å². The summed E-state index contributed by atoms with van der Waals surface area (Å²) in [4.78, 5) is 7.68. The number of hydrogen-bond acceptors (Lipinski definition) is 4. The van der Waals surface area contributed by atoms with E-state index in [4.69, 9.17) is 4.99 Å². The molecule has 0 aromatic carbocycles. The van der Waals surface area contributed by atoms with E-state index in [0.29, 0.717) is 18.6 Å². The van der Waals surface area contributed by atoms with Crippen LogP contribution in [-0.2, 0) is 13.6 Å². The quantitative estimate of drug-likeness (QED) is 0.335. The van der Waals surface area contributed by atoms with Crippen molar-refractivity contribution in [2.45, 2.75) is 109 Å². The van der Waals surface area contributed by atoms with Crippen LogP contribution in [0.25, 0.3) is 0 Å². The van der Waals surface area contributed by atoms with Gasteiger partial charge in [-0.05, 0) is 45.4 Å². The van der Waals surface area contributed by atoms with Crippen LogP contribution in [0.5, 0.6) is 0 Å². The van der Waals surface area contributed by atoms with Gasteiger partial charge < -0.3 is 20.1 Å². The number of piperidine rings is 1. The summed E-state index contributed by atoms with van der Waals surface area (Å²) in [5.41, 5.74) is 0. The first kappa shape index (κ1) is 24.7. The van der Waals surface area contributed by atoms with E-state index in [1.807, 2.05) is 18.5 Å². The Morgan fingerprint density at radius 1 is 0.871 bits per heavy atom. The number of rotatable bonds is 5. The maximum absolute atomic E-state index is 4.92. The number of aromatic nitrogens is 3. The Bertz CT molecular complexity index is 684. The highest BCUT2D eigenvalue weighted by molar-refractivity contribution is 14.0. The molecule has 2 aliphatic carbocycles. The molecule has 3 aliphatic rings. The normalized spacial score (nSPS) is 22.8. The Morgan fingerprint density at radius 2 is 1.45 bits per heavy atom. The van der Waals surface area contributed by atoms with Gasteiger partial charge in [0.15, 0.2) is 11.8 Å². The molecule has 31 heavy (non-hydrogen) atoms. The van der Waals surface area contributed by atoms with Gasteiger partial charge in [0.2, 0.25) is 0 Å². The number of aliphatic imine (C=N–C) groups is 1. The Morgan fingerprint density at radius 3 is 2.03 bits per heavy atom. The van der Waals surface area contributed by atoms with E-state index < -0.39 is 0 Å². The van der Waals surface area contributed by atoms with Crippen molar-refractivity contribution in [2.24, 2.45) is 12.0 Å². The van der Waals surface area contributed by atoms with E-state index in [-0.39, 0.29) is 24.0 Å². The first-order chi connectivity index (χ1) is 14.7. The lowest BCUT2D eigenvalue weighted by Gasteiger charge is -2.40. The van der Waals surface area contributed by atoms with Crippen molar-refractivity contribution in [3.05, 3.63) is 11.6 Å².